The highest BCUT2D eigenvalue weighted by Crippen LogP contribution is 2.29. The minimum atomic E-state index is -3.75. The summed E-state index contributed by atoms with van der Waals surface area (Å²) in [5.41, 5.74) is 0.840. The topological polar surface area (TPSA) is 161 Å². The van der Waals surface area contributed by atoms with Crippen molar-refractivity contribution in [2.24, 2.45) is 0 Å². The first-order chi connectivity index (χ1) is 20.1. The zero-order valence-electron chi connectivity index (χ0n) is 22.7. The molecule has 17 heteroatoms. The number of sulfonamides is 1. The summed E-state index contributed by atoms with van der Waals surface area (Å²) < 4.78 is 86.7. The first-order valence-electron chi connectivity index (χ1n) is 13.9. The number of ether oxygens (including phenoxy) is 1. The van der Waals surface area contributed by atoms with Gasteiger partial charge in [-0.25, -0.2) is 35.3 Å². The Kier molecular flexibility index (Phi) is 8.01. The predicted molar refractivity (Wildman–Crippen MR) is 151 cm³/mol. The van der Waals surface area contributed by atoms with E-state index < -0.39 is 37.4 Å². The molecule has 2 aliphatic heterocycles. The summed E-state index contributed by atoms with van der Waals surface area (Å²) in [6.45, 7) is 2.02. The van der Waals surface area contributed by atoms with Crippen molar-refractivity contribution in [1.82, 2.24) is 29.2 Å². The molecule has 3 aliphatic rings. The summed E-state index contributed by atoms with van der Waals surface area (Å²) in [5, 5.41) is 2.39. The number of aromatic nitrogens is 5. The number of sulfone groups is 1. The van der Waals surface area contributed by atoms with Crippen LogP contribution in [0.1, 0.15) is 44.4 Å². The van der Waals surface area contributed by atoms with Crippen LogP contribution in [-0.4, -0.2) is 96.5 Å². The lowest BCUT2D eigenvalue weighted by molar-refractivity contribution is 0.122. The van der Waals surface area contributed by atoms with Crippen LogP contribution in [0.15, 0.2) is 24.3 Å². The van der Waals surface area contributed by atoms with Crippen molar-refractivity contribution >= 4 is 42.8 Å². The van der Waals surface area contributed by atoms with Crippen LogP contribution in [-0.2, 0) is 24.6 Å². The van der Waals surface area contributed by atoms with Gasteiger partial charge < -0.3 is 15.0 Å². The first-order valence-corrected chi connectivity index (χ1v) is 17.3. The summed E-state index contributed by atoms with van der Waals surface area (Å²) >= 11 is 0. The fraction of sp³-hybridized carbons (Fsp3) is 0.600. The summed E-state index contributed by atoms with van der Waals surface area (Å²) in [5.74, 6) is -0.346. The summed E-state index contributed by atoms with van der Waals surface area (Å²) in [6.07, 6.45) is -0.485. The molecule has 1 aromatic carbocycles. The molecule has 6 rings (SSSR count). The molecule has 3 aromatic rings. The Labute approximate surface area is 242 Å². The molecular formula is C25H32F2N8O5S2. The number of nitrogens with one attached hydrogen (secondary N) is 2. The molecule has 2 N–H and O–H groups in total. The van der Waals surface area contributed by atoms with Gasteiger partial charge in [-0.05, 0) is 44.2 Å². The van der Waals surface area contributed by atoms with E-state index in [1.54, 1.807) is 24.3 Å². The molecule has 2 aromatic heterocycles. The molecule has 3 fully saturated rings. The highest BCUT2D eigenvalue weighted by atomic mass is 32.2. The molecule has 0 spiro atoms. The third kappa shape index (κ3) is 6.18. The minimum absolute atomic E-state index is 0.0194. The Bertz CT molecular complexity index is 1660. The van der Waals surface area contributed by atoms with Crippen molar-refractivity contribution in [2.45, 2.75) is 55.9 Å². The van der Waals surface area contributed by atoms with E-state index in [0.29, 0.717) is 69.0 Å². The average Bonchev–Trinajstić information content (AvgIpc) is 3.55. The molecule has 0 bridgehead atoms. The lowest BCUT2D eigenvalue weighted by Crippen LogP contribution is -2.44. The molecule has 1 atom stereocenters. The molecule has 13 nitrogen and oxygen atoms in total. The van der Waals surface area contributed by atoms with E-state index in [4.69, 9.17) is 4.74 Å². The third-order valence-electron chi connectivity index (χ3n) is 7.91. The zero-order chi connectivity index (χ0) is 29.5. The van der Waals surface area contributed by atoms with Crippen molar-refractivity contribution in [3.63, 3.8) is 0 Å². The smallest absolute Gasteiger partial charge is 0.296 e. The number of hydrogen-bond acceptors (Lipinski definition) is 11. The van der Waals surface area contributed by atoms with Gasteiger partial charge in [-0.1, -0.05) is 12.1 Å². The summed E-state index contributed by atoms with van der Waals surface area (Å²) in [7, 11) is -7.07. The number of halogens is 2. The highest BCUT2D eigenvalue weighted by molar-refractivity contribution is 7.95. The maximum absolute atomic E-state index is 14.1. The second-order valence-electron chi connectivity index (χ2n) is 10.8. The molecular weight excluding hydrogens is 594 g/mol. The second-order valence-corrected chi connectivity index (χ2v) is 15.1. The van der Waals surface area contributed by atoms with Crippen LogP contribution in [0.5, 0.6) is 0 Å². The number of anilines is 2. The van der Waals surface area contributed by atoms with E-state index in [0.717, 1.165) is 0 Å². The Morgan fingerprint density at radius 2 is 1.62 bits per heavy atom. The van der Waals surface area contributed by atoms with E-state index in [9.17, 15) is 25.6 Å². The maximum atomic E-state index is 14.1. The van der Waals surface area contributed by atoms with E-state index in [2.05, 4.69) is 30.0 Å². The minimum Gasteiger partial charge on any atom is -0.378 e. The largest absolute Gasteiger partial charge is 0.378 e. The quantitative estimate of drug-likeness (QED) is 0.375. The van der Waals surface area contributed by atoms with Gasteiger partial charge in [-0.3, -0.25) is 4.57 Å². The van der Waals surface area contributed by atoms with Gasteiger partial charge in [0.25, 0.3) is 6.43 Å². The Morgan fingerprint density at radius 3 is 2.31 bits per heavy atom. The number of benzene rings is 1. The maximum Gasteiger partial charge on any atom is 0.296 e. The normalized spacial score (nSPS) is 24.8. The zero-order valence-corrected chi connectivity index (χ0v) is 24.3. The van der Waals surface area contributed by atoms with Crippen LogP contribution >= 0.6 is 0 Å². The monoisotopic (exact) mass is 626 g/mol. The van der Waals surface area contributed by atoms with Gasteiger partial charge in [0.1, 0.15) is 0 Å². The SMILES string of the molecule is O=S1(=O)CCC(S(=O)(=O)NC2CCC(Nc3nc(N4CCOCC4)nc(-n4c(C(F)F)nc5ccccc54)n3)CC2)C1. The van der Waals surface area contributed by atoms with Crippen LogP contribution in [0.4, 0.5) is 20.7 Å². The first kappa shape index (κ1) is 29.1. The third-order valence-corrected chi connectivity index (χ3v) is 11.8. The molecule has 1 unspecified atom stereocenters. The molecule has 0 amide bonds. The van der Waals surface area contributed by atoms with Crippen molar-refractivity contribution in [2.75, 3.05) is 48.0 Å². The number of nitrogens with zero attached hydrogens (tertiary/aromatic N) is 6. The summed E-state index contributed by atoms with van der Waals surface area (Å²) in [4.78, 5) is 19.7. The van der Waals surface area contributed by atoms with Crippen molar-refractivity contribution in [1.29, 1.82) is 0 Å². The number of alkyl halides is 2. The second kappa shape index (κ2) is 11.6. The molecule has 4 heterocycles. The van der Waals surface area contributed by atoms with Gasteiger partial charge >= 0.3 is 0 Å². The van der Waals surface area contributed by atoms with Gasteiger partial charge in [0.15, 0.2) is 15.7 Å². The Balaban J connectivity index is 1.22. The molecule has 42 heavy (non-hydrogen) atoms. The molecule has 1 saturated carbocycles. The van der Waals surface area contributed by atoms with Crippen molar-refractivity contribution in [3.05, 3.63) is 30.1 Å². The van der Waals surface area contributed by atoms with E-state index in [-0.39, 0.29) is 41.9 Å². The van der Waals surface area contributed by atoms with Crippen LogP contribution in [0.2, 0.25) is 0 Å². The number of fused-ring (bicyclic) bond motifs is 1. The number of imidazole rings is 1. The number of rotatable bonds is 8. The Hall–Kier alpha value is -3.02. The summed E-state index contributed by atoms with van der Waals surface area (Å²) in [6, 6.07) is 6.39. The average molecular weight is 627 g/mol. The van der Waals surface area contributed by atoms with Gasteiger partial charge in [-0.15, -0.1) is 0 Å². The molecule has 2 saturated heterocycles. The predicted octanol–water partition coefficient (Wildman–Crippen LogP) is 1.81. The molecule has 1 aliphatic carbocycles. The number of morpholine rings is 1. The molecule has 228 valence electrons. The van der Waals surface area contributed by atoms with Crippen molar-refractivity contribution < 1.29 is 30.4 Å². The van der Waals surface area contributed by atoms with Crippen LogP contribution in [0.3, 0.4) is 0 Å². The molecule has 0 radical (unpaired) electrons. The van der Waals surface area contributed by atoms with Crippen LogP contribution < -0.4 is 14.9 Å². The van der Waals surface area contributed by atoms with Gasteiger partial charge in [0, 0.05) is 25.2 Å². The van der Waals surface area contributed by atoms with E-state index in [1.807, 2.05) is 4.90 Å². The standard InChI is InChI=1S/C25H32F2N8O5S2/c26-21(27)22-29-19-3-1-2-4-20(19)35(22)25-31-23(30-24(32-25)34-10-12-40-13-11-34)28-16-5-7-17(8-6-16)33-42(38,39)18-9-14-41(36,37)15-18/h1-4,16-18,21,33H,5-15H2,(H,28,30,31,32). The van der Waals surface area contributed by atoms with E-state index in [1.165, 1.54) is 4.57 Å². The fourth-order valence-electron chi connectivity index (χ4n) is 5.70. The van der Waals surface area contributed by atoms with Gasteiger partial charge in [0.2, 0.25) is 27.9 Å². The van der Waals surface area contributed by atoms with Gasteiger partial charge in [0.05, 0.1) is 41.0 Å². The number of hydrogen-bond donors (Lipinski definition) is 2. The lowest BCUT2D eigenvalue weighted by atomic mass is 9.92. The van der Waals surface area contributed by atoms with Crippen LogP contribution in [0, 0.1) is 0 Å². The number of para-hydroxylation sites is 2. The Morgan fingerprint density at radius 1 is 0.929 bits per heavy atom. The lowest BCUT2D eigenvalue weighted by Gasteiger charge is -2.31. The van der Waals surface area contributed by atoms with Crippen molar-refractivity contribution in [3.8, 4) is 5.95 Å². The van der Waals surface area contributed by atoms with Gasteiger partial charge in [-0.2, -0.15) is 15.0 Å². The highest BCUT2D eigenvalue weighted by Gasteiger charge is 2.38. The van der Waals surface area contributed by atoms with E-state index >= 15 is 0 Å². The fourth-order valence-corrected chi connectivity index (χ4v) is 10.0. The van der Waals surface area contributed by atoms with Crippen LogP contribution in [0.25, 0.3) is 17.0 Å².